The van der Waals surface area contributed by atoms with E-state index in [0.29, 0.717) is 12.0 Å². The maximum atomic E-state index is 11.1. The molecule has 0 amide bonds. The molecule has 2 rings (SSSR count). The smallest absolute Gasteiger partial charge is 0.320 e. The van der Waals surface area contributed by atoms with E-state index >= 15 is 0 Å². The third-order valence-electron chi connectivity index (χ3n) is 4.07. The SMILES string of the molecule is CC1CCCCC1N1CCCC1C(=O)O. The molecule has 1 N–H and O–H groups in total. The van der Waals surface area contributed by atoms with E-state index in [1.807, 2.05) is 0 Å². The summed E-state index contributed by atoms with van der Waals surface area (Å²) in [7, 11) is 0. The van der Waals surface area contributed by atoms with Crippen LogP contribution in [0.1, 0.15) is 45.4 Å². The molecule has 3 atom stereocenters. The van der Waals surface area contributed by atoms with Crippen molar-refractivity contribution in [3.63, 3.8) is 0 Å². The fraction of sp³-hybridized carbons (Fsp3) is 0.917. The Kier molecular flexibility index (Phi) is 3.29. The third kappa shape index (κ3) is 2.17. The highest BCUT2D eigenvalue weighted by Gasteiger charge is 2.37. The van der Waals surface area contributed by atoms with Crippen molar-refractivity contribution in [1.82, 2.24) is 4.90 Å². The maximum absolute atomic E-state index is 11.1. The highest BCUT2D eigenvalue weighted by molar-refractivity contribution is 5.73. The van der Waals surface area contributed by atoms with Crippen LogP contribution in [0.25, 0.3) is 0 Å². The molecule has 0 bridgehead atoms. The van der Waals surface area contributed by atoms with Crippen LogP contribution in [-0.2, 0) is 4.79 Å². The Morgan fingerprint density at radius 1 is 1.20 bits per heavy atom. The number of aliphatic carboxylic acids is 1. The van der Waals surface area contributed by atoms with Crippen molar-refractivity contribution >= 4 is 5.97 Å². The Hall–Kier alpha value is -0.570. The summed E-state index contributed by atoms with van der Waals surface area (Å²) in [6.07, 6.45) is 6.97. The molecular formula is C12H21NO2. The van der Waals surface area contributed by atoms with Crippen LogP contribution in [0.15, 0.2) is 0 Å². The van der Waals surface area contributed by atoms with Gasteiger partial charge in [0.05, 0.1) is 0 Å². The first-order valence-electron chi connectivity index (χ1n) is 6.18. The molecule has 2 aliphatic rings. The summed E-state index contributed by atoms with van der Waals surface area (Å²) in [5.74, 6) is 0.0592. The number of rotatable bonds is 2. The number of hydrogen-bond donors (Lipinski definition) is 1. The molecule has 86 valence electrons. The molecule has 3 heteroatoms. The van der Waals surface area contributed by atoms with Crippen molar-refractivity contribution in [2.75, 3.05) is 6.54 Å². The molecule has 1 saturated heterocycles. The molecule has 1 heterocycles. The minimum Gasteiger partial charge on any atom is -0.480 e. The highest BCUT2D eigenvalue weighted by Crippen LogP contribution is 2.32. The van der Waals surface area contributed by atoms with Gasteiger partial charge in [0.15, 0.2) is 0 Å². The van der Waals surface area contributed by atoms with Crippen LogP contribution >= 0.6 is 0 Å². The van der Waals surface area contributed by atoms with Crippen molar-refractivity contribution in [1.29, 1.82) is 0 Å². The summed E-state index contributed by atoms with van der Waals surface area (Å²) in [6, 6.07) is 0.331. The van der Waals surface area contributed by atoms with Crippen LogP contribution in [0.3, 0.4) is 0 Å². The topological polar surface area (TPSA) is 40.5 Å². The molecule has 15 heavy (non-hydrogen) atoms. The summed E-state index contributed by atoms with van der Waals surface area (Å²) in [6.45, 7) is 3.27. The second kappa shape index (κ2) is 4.52. The summed E-state index contributed by atoms with van der Waals surface area (Å²) in [5.41, 5.74) is 0. The maximum Gasteiger partial charge on any atom is 0.320 e. The lowest BCUT2D eigenvalue weighted by Gasteiger charge is -2.38. The van der Waals surface area contributed by atoms with Gasteiger partial charge in [0.2, 0.25) is 0 Å². The van der Waals surface area contributed by atoms with Gasteiger partial charge in [-0.15, -0.1) is 0 Å². The minimum atomic E-state index is -0.620. The number of likely N-dealkylation sites (tertiary alicyclic amines) is 1. The van der Waals surface area contributed by atoms with E-state index in [0.717, 1.165) is 19.4 Å². The lowest BCUT2D eigenvalue weighted by Crippen LogP contribution is -2.47. The highest BCUT2D eigenvalue weighted by atomic mass is 16.4. The molecule has 0 aromatic heterocycles. The quantitative estimate of drug-likeness (QED) is 0.760. The van der Waals surface area contributed by atoms with E-state index in [9.17, 15) is 4.79 Å². The monoisotopic (exact) mass is 211 g/mol. The van der Waals surface area contributed by atoms with E-state index in [2.05, 4.69) is 11.8 Å². The Bertz CT molecular complexity index is 242. The molecule has 1 aliphatic carbocycles. The summed E-state index contributed by atoms with van der Waals surface area (Å²) in [4.78, 5) is 13.4. The predicted molar refractivity (Wildman–Crippen MR) is 58.8 cm³/mol. The van der Waals surface area contributed by atoms with Gasteiger partial charge in [-0.25, -0.2) is 0 Å². The third-order valence-corrected chi connectivity index (χ3v) is 4.07. The molecule has 0 radical (unpaired) electrons. The van der Waals surface area contributed by atoms with Gasteiger partial charge in [0.25, 0.3) is 0 Å². The van der Waals surface area contributed by atoms with Crippen molar-refractivity contribution in [2.45, 2.75) is 57.5 Å². The van der Waals surface area contributed by atoms with Gasteiger partial charge in [-0.3, -0.25) is 9.69 Å². The van der Waals surface area contributed by atoms with Gasteiger partial charge in [-0.05, 0) is 38.1 Å². The fourth-order valence-electron chi connectivity index (χ4n) is 3.24. The molecule has 1 aliphatic heterocycles. The zero-order chi connectivity index (χ0) is 10.8. The molecule has 0 aromatic rings. The van der Waals surface area contributed by atoms with E-state index in [1.54, 1.807) is 0 Å². The van der Waals surface area contributed by atoms with Crippen LogP contribution in [0.2, 0.25) is 0 Å². The Morgan fingerprint density at radius 3 is 2.60 bits per heavy atom. The minimum absolute atomic E-state index is 0.199. The van der Waals surface area contributed by atoms with Crippen LogP contribution < -0.4 is 0 Å². The summed E-state index contributed by atoms with van der Waals surface area (Å²) >= 11 is 0. The fourth-order valence-corrected chi connectivity index (χ4v) is 3.24. The molecule has 3 nitrogen and oxygen atoms in total. The summed E-state index contributed by atoms with van der Waals surface area (Å²) < 4.78 is 0. The van der Waals surface area contributed by atoms with Gasteiger partial charge in [-0.2, -0.15) is 0 Å². The first-order valence-corrected chi connectivity index (χ1v) is 6.18. The Balaban J connectivity index is 2.04. The number of carbonyl (C=O) groups is 1. The number of nitrogens with zero attached hydrogens (tertiary/aromatic N) is 1. The Labute approximate surface area is 91.5 Å². The lowest BCUT2D eigenvalue weighted by atomic mass is 9.84. The van der Waals surface area contributed by atoms with Gasteiger partial charge < -0.3 is 5.11 Å². The largest absolute Gasteiger partial charge is 0.480 e. The first-order chi connectivity index (χ1) is 7.20. The van der Waals surface area contributed by atoms with Crippen molar-refractivity contribution in [3.8, 4) is 0 Å². The van der Waals surface area contributed by atoms with E-state index in [1.165, 1.54) is 25.7 Å². The molecule has 3 unspecified atom stereocenters. The second-order valence-electron chi connectivity index (χ2n) is 5.06. The van der Waals surface area contributed by atoms with Crippen LogP contribution in [0.5, 0.6) is 0 Å². The van der Waals surface area contributed by atoms with Gasteiger partial charge in [0.1, 0.15) is 6.04 Å². The second-order valence-corrected chi connectivity index (χ2v) is 5.06. The lowest BCUT2D eigenvalue weighted by molar-refractivity contribution is -0.143. The number of carboxylic acids is 1. The van der Waals surface area contributed by atoms with Crippen LogP contribution in [0.4, 0.5) is 0 Å². The van der Waals surface area contributed by atoms with Crippen molar-refractivity contribution < 1.29 is 9.90 Å². The normalized spacial score (nSPS) is 38.1. The van der Waals surface area contributed by atoms with Gasteiger partial charge in [-0.1, -0.05) is 19.8 Å². The first kappa shape index (κ1) is 10.9. The van der Waals surface area contributed by atoms with Crippen LogP contribution in [0, 0.1) is 5.92 Å². The molecule has 2 fully saturated rings. The standard InChI is InChI=1S/C12H21NO2/c1-9-5-2-3-6-10(9)13-8-4-7-11(13)12(14)15/h9-11H,2-8H2,1H3,(H,14,15). The van der Waals surface area contributed by atoms with Crippen LogP contribution in [-0.4, -0.2) is 34.6 Å². The summed E-state index contributed by atoms with van der Waals surface area (Å²) in [5, 5.41) is 9.16. The van der Waals surface area contributed by atoms with Gasteiger partial charge in [0, 0.05) is 6.04 Å². The van der Waals surface area contributed by atoms with Gasteiger partial charge >= 0.3 is 5.97 Å². The molecular weight excluding hydrogens is 190 g/mol. The molecule has 1 saturated carbocycles. The molecule has 0 aromatic carbocycles. The van der Waals surface area contributed by atoms with Crippen molar-refractivity contribution in [2.24, 2.45) is 5.92 Å². The zero-order valence-corrected chi connectivity index (χ0v) is 9.48. The average Bonchev–Trinajstić information content (AvgIpc) is 2.67. The van der Waals surface area contributed by atoms with E-state index in [-0.39, 0.29) is 6.04 Å². The van der Waals surface area contributed by atoms with Crippen molar-refractivity contribution in [3.05, 3.63) is 0 Å². The average molecular weight is 211 g/mol. The molecule has 0 spiro atoms. The van der Waals surface area contributed by atoms with E-state index < -0.39 is 5.97 Å². The number of hydrogen-bond acceptors (Lipinski definition) is 2. The predicted octanol–water partition coefficient (Wildman–Crippen LogP) is 2.11. The van der Waals surface area contributed by atoms with E-state index in [4.69, 9.17) is 5.11 Å². The Morgan fingerprint density at radius 2 is 1.93 bits per heavy atom. The number of carboxylic acid groups (broad SMARTS) is 1. The zero-order valence-electron chi connectivity index (χ0n) is 9.48.